The number of amides is 1. The number of aromatic nitrogens is 1. The summed E-state index contributed by atoms with van der Waals surface area (Å²) in [4.78, 5) is 27.5. The normalized spacial score (nSPS) is 15.9. The molecule has 1 aromatic rings. The first-order valence-corrected chi connectivity index (χ1v) is 6.97. The van der Waals surface area contributed by atoms with Gasteiger partial charge in [0.25, 0.3) is 5.91 Å². The average Bonchev–Trinajstić information content (AvgIpc) is 3.21. The maximum absolute atomic E-state index is 12.1. The van der Waals surface area contributed by atoms with Crippen LogP contribution in [-0.4, -0.2) is 28.0 Å². The Morgan fingerprint density at radius 2 is 2.15 bits per heavy atom. The molecule has 0 aliphatic heterocycles. The van der Waals surface area contributed by atoms with Crippen LogP contribution in [0.1, 0.15) is 55.1 Å². The van der Waals surface area contributed by atoms with E-state index in [0.717, 1.165) is 18.5 Å². The molecule has 108 valence electrons. The summed E-state index contributed by atoms with van der Waals surface area (Å²) >= 11 is 0. The summed E-state index contributed by atoms with van der Waals surface area (Å²) in [5.74, 6) is -0.671. The zero-order valence-corrected chi connectivity index (χ0v) is 11.8. The van der Waals surface area contributed by atoms with Crippen molar-refractivity contribution in [2.24, 2.45) is 5.92 Å². The minimum atomic E-state index is -0.997. The summed E-state index contributed by atoms with van der Waals surface area (Å²) in [7, 11) is 0. The second kappa shape index (κ2) is 6.03. The number of nitrogens with one attached hydrogen (secondary N) is 1. The molecule has 0 bridgehead atoms. The molecular weight excluding hydrogens is 256 g/mol. The van der Waals surface area contributed by atoms with E-state index in [1.807, 2.05) is 13.8 Å². The van der Waals surface area contributed by atoms with E-state index in [1.54, 1.807) is 18.3 Å². The average molecular weight is 276 g/mol. The summed E-state index contributed by atoms with van der Waals surface area (Å²) in [6.45, 7) is 3.86. The van der Waals surface area contributed by atoms with Crippen molar-refractivity contribution in [3.05, 3.63) is 29.6 Å². The molecule has 1 fully saturated rings. The van der Waals surface area contributed by atoms with Gasteiger partial charge in [-0.25, -0.2) is 4.79 Å². The summed E-state index contributed by atoms with van der Waals surface area (Å²) < 4.78 is 0. The molecule has 1 amide bonds. The van der Waals surface area contributed by atoms with Crippen molar-refractivity contribution < 1.29 is 14.7 Å². The first kappa shape index (κ1) is 14.5. The molecule has 0 aromatic carbocycles. The van der Waals surface area contributed by atoms with Crippen LogP contribution in [0.5, 0.6) is 0 Å². The molecule has 5 nitrogen and oxygen atoms in total. The number of aliphatic carboxylic acids is 1. The predicted octanol–water partition coefficient (Wildman–Crippen LogP) is 2.19. The van der Waals surface area contributed by atoms with E-state index in [-0.39, 0.29) is 11.8 Å². The van der Waals surface area contributed by atoms with Crippen LogP contribution in [-0.2, 0) is 4.79 Å². The summed E-state index contributed by atoms with van der Waals surface area (Å²) in [6, 6.07) is 2.54. The predicted molar refractivity (Wildman–Crippen MR) is 74.6 cm³/mol. The van der Waals surface area contributed by atoms with E-state index in [2.05, 4.69) is 10.3 Å². The summed E-state index contributed by atoms with van der Waals surface area (Å²) in [5, 5.41) is 11.7. The Morgan fingerprint density at radius 3 is 2.70 bits per heavy atom. The Morgan fingerprint density at radius 1 is 1.45 bits per heavy atom. The molecule has 20 heavy (non-hydrogen) atoms. The topological polar surface area (TPSA) is 79.3 Å². The van der Waals surface area contributed by atoms with Gasteiger partial charge in [-0.3, -0.25) is 9.78 Å². The van der Waals surface area contributed by atoms with E-state index < -0.39 is 12.0 Å². The van der Waals surface area contributed by atoms with Crippen molar-refractivity contribution in [1.29, 1.82) is 0 Å². The summed E-state index contributed by atoms with van der Waals surface area (Å²) in [6.07, 6.45) is 4.26. The zero-order valence-electron chi connectivity index (χ0n) is 11.8. The van der Waals surface area contributed by atoms with Crippen molar-refractivity contribution in [2.75, 3.05) is 0 Å². The van der Waals surface area contributed by atoms with Gasteiger partial charge in [0.15, 0.2) is 0 Å². The highest BCUT2D eigenvalue weighted by atomic mass is 16.4. The number of pyridine rings is 1. The maximum Gasteiger partial charge on any atom is 0.326 e. The van der Waals surface area contributed by atoms with Gasteiger partial charge in [0, 0.05) is 23.4 Å². The van der Waals surface area contributed by atoms with Gasteiger partial charge in [0.05, 0.1) is 0 Å². The lowest BCUT2D eigenvalue weighted by atomic mass is 10.0. The number of nitrogens with zero attached hydrogens (tertiary/aromatic N) is 1. The second-order valence-corrected chi connectivity index (χ2v) is 5.74. The highest BCUT2D eigenvalue weighted by Crippen LogP contribution is 2.38. The minimum Gasteiger partial charge on any atom is -0.480 e. The standard InChI is InChI=1S/C15H20N2O3/c1-9(2)7-13(15(19)20)17-14(18)11-5-6-16-12(8-11)10-3-4-10/h5-6,8-10,13H,3-4,7H2,1-2H3,(H,17,18)(H,19,20). The number of carbonyl (C=O) groups excluding carboxylic acids is 1. The van der Waals surface area contributed by atoms with Gasteiger partial charge in [-0.1, -0.05) is 13.8 Å². The van der Waals surface area contributed by atoms with Gasteiger partial charge in [0.2, 0.25) is 0 Å². The van der Waals surface area contributed by atoms with Crippen LogP contribution in [0, 0.1) is 5.92 Å². The molecule has 0 saturated heterocycles. The third-order valence-corrected chi connectivity index (χ3v) is 3.35. The van der Waals surface area contributed by atoms with E-state index in [1.165, 1.54) is 0 Å². The smallest absolute Gasteiger partial charge is 0.326 e. The van der Waals surface area contributed by atoms with Crippen LogP contribution >= 0.6 is 0 Å². The molecule has 0 radical (unpaired) electrons. The molecule has 1 aliphatic rings. The Hall–Kier alpha value is -1.91. The summed E-state index contributed by atoms with van der Waals surface area (Å²) in [5.41, 5.74) is 1.41. The van der Waals surface area contributed by atoms with Crippen molar-refractivity contribution in [3.63, 3.8) is 0 Å². The fourth-order valence-electron chi connectivity index (χ4n) is 2.13. The van der Waals surface area contributed by atoms with Crippen LogP contribution < -0.4 is 5.32 Å². The van der Waals surface area contributed by atoms with Crippen LogP contribution in [0.25, 0.3) is 0 Å². The molecule has 2 N–H and O–H groups in total. The third kappa shape index (κ3) is 3.79. The van der Waals surface area contributed by atoms with E-state index in [0.29, 0.717) is 17.9 Å². The molecule has 1 atom stereocenters. The highest BCUT2D eigenvalue weighted by molar-refractivity contribution is 5.96. The largest absolute Gasteiger partial charge is 0.480 e. The van der Waals surface area contributed by atoms with Crippen molar-refractivity contribution in [1.82, 2.24) is 10.3 Å². The molecule has 5 heteroatoms. The molecule has 1 heterocycles. The van der Waals surface area contributed by atoms with Gasteiger partial charge < -0.3 is 10.4 Å². The van der Waals surface area contributed by atoms with Crippen molar-refractivity contribution >= 4 is 11.9 Å². The molecule has 1 aliphatic carbocycles. The number of rotatable bonds is 6. The second-order valence-electron chi connectivity index (χ2n) is 5.74. The Kier molecular flexibility index (Phi) is 4.37. The number of carboxylic acid groups (broad SMARTS) is 1. The molecule has 1 saturated carbocycles. The van der Waals surface area contributed by atoms with Crippen LogP contribution in [0.3, 0.4) is 0 Å². The lowest BCUT2D eigenvalue weighted by Crippen LogP contribution is -2.41. The third-order valence-electron chi connectivity index (χ3n) is 3.35. The van der Waals surface area contributed by atoms with E-state index in [9.17, 15) is 9.59 Å². The van der Waals surface area contributed by atoms with Crippen LogP contribution in [0.15, 0.2) is 18.3 Å². The fourth-order valence-corrected chi connectivity index (χ4v) is 2.13. The molecule has 0 spiro atoms. The SMILES string of the molecule is CC(C)CC(NC(=O)c1ccnc(C2CC2)c1)C(=O)O. The van der Waals surface area contributed by atoms with Gasteiger partial charge in [-0.15, -0.1) is 0 Å². The minimum absolute atomic E-state index is 0.205. The molecule has 2 rings (SSSR count). The van der Waals surface area contributed by atoms with Gasteiger partial charge in [0.1, 0.15) is 6.04 Å². The Balaban J connectivity index is 2.05. The number of hydrogen-bond donors (Lipinski definition) is 2. The molecule has 1 aromatic heterocycles. The first-order chi connectivity index (χ1) is 9.47. The van der Waals surface area contributed by atoms with Gasteiger partial charge in [-0.05, 0) is 37.3 Å². The Labute approximate surface area is 118 Å². The molecular formula is C15H20N2O3. The first-order valence-electron chi connectivity index (χ1n) is 6.97. The number of hydrogen-bond acceptors (Lipinski definition) is 3. The Bertz CT molecular complexity index is 510. The van der Waals surface area contributed by atoms with Crippen LogP contribution in [0.2, 0.25) is 0 Å². The number of carboxylic acids is 1. The number of carbonyl (C=O) groups is 2. The van der Waals surface area contributed by atoms with E-state index in [4.69, 9.17) is 5.11 Å². The lowest BCUT2D eigenvalue weighted by molar-refractivity contribution is -0.139. The van der Waals surface area contributed by atoms with Crippen molar-refractivity contribution in [3.8, 4) is 0 Å². The molecule has 1 unspecified atom stereocenters. The fraction of sp³-hybridized carbons (Fsp3) is 0.533. The highest BCUT2D eigenvalue weighted by Gasteiger charge is 2.26. The zero-order chi connectivity index (χ0) is 14.7. The monoisotopic (exact) mass is 276 g/mol. The van der Waals surface area contributed by atoms with Crippen molar-refractivity contribution in [2.45, 2.75) is 45.1 Å². The lowest BCUT2D eigenvalue weighted by Gasteiger charge is -2.16. The maximum atomic E-state index is 12.1. The van der Waals surface area contributed by atoms with Gasteiger partial charge in [-0.2, -0.15) is 0 Å². The quantitative estimate of drug-likeness (QED) is 0.834. The van der Waals surface area contributed by atoms with Crippen LogP contribution in [0.4, 0.5) is 0 Å². The van der Waals surface area contributed by atoms with E-state index >= 15 is 0 Å². The van der Waals surface area contributed by atoms with Gasteiger partial charge >= 0.3 is 5.97 Å².